The lowest BCUT2D eigenvalue weighted by atomic mass is 10.0. The van der Waals surface area contributed by atoms with Crippen LogP contribution < -0.4 is 0 Å². The maximum atomic E-state index is 11.3. The van der Waals surface area contributed by atoms with Gasteiger partial charge in [0.25, 0.3) is 0 Å². The summed E-state index contributed by atoms with van der Waals surface area (Å²) >= 11 is 2.01. The first kappa shape index (κ1) is 12.1. The molecule has 3 rings (SSSR count). The number of nitrogens with zero attached hydrogens (tertiary/aromatic N) is 2. The van der Waals surface area contributed by atoms with Gasteiger partial charge >= 0.3 is 0 Å². The maximum Gasteiger partial charge on any atom is 0.219 e. The Morgan fingerprint density at radius 3 is 2.72 bits per heavy atom. The number of carbonyl (C=O) groups excluding carboxylic acids is 1. The van der Waals surface area contributed by atoms with E-state index < -0.39 is 0 Å². The number of amides is 1. The molecule has 18 heavy (non-hydrogen) atoms. The third-order valence-corrected chi connectivity index (χ3v) is 5.29. The van der Waals surface area contributed by atoms with Crippen LogP contribution in [-0.4, -0.2) is 46.0 Å². The van der Waals surface area contributed by atoms with E-state index in [0.29, 0.717) is 0 Å². The minimum Gasteiger partial charge on any atom is -0.337 e. The van der Waals surface area contributed by atoms with Crippen LogP contribution in [0.4, 0.5) is 0 Å². The molecule has 0 N–H and O–H groups in total. The highest BCUT2D eigenvalue weighted by Crippen LogP contribution is 2.43. The monoisotopic (exact) mass is 262 g/mol. The minimum atomic E-state index is 0.196. The fourth-order valence-corrected chi connectivity index (χ4v) is 4.26. The third kappa shape index (κ3) is 2.04. The van der Waals surface area contributed by atoms with E-state index in [2.05, 4.69) is 35.2 Å². The van der Waals surface area contributed by atoms with E-state index in [4.69, 9.17) is 0 Å². The van der Waals surface area contributed by atoms with E-state index >= 15 is 0 Å². The first-order valence-electron chi connectivity index (χ1n) is 6.38. The van der Waals surface area contributed by atoms with Crippen LogP contribution in [0.1, 0.15) is 12.5 Å². The molecule has 3 nitrogen and oxygen atoms in total. The number of rotatable bonds is 2. The van der Waals surface area contributed by atoms with Gasteiger partial charge in [-0.25, -0.2) is 0 Å². The van der Waals surface area contributed by atoms with Crippen LogP contribution in [0.2, 0.25) is 0 Å². The second-order valence-corrected chi connectivity index (χ2v) is 6.53. The fraction of sp³-hybridized carbons (Fsp3) is 0.500. The molecule has 2 aliphatic heterocycles. The normalized spacial score (nSPS) is 22.2. The molecule has 0 radical (unpaired) electrons. The molecule has 2 saturated heterocycles. The highest BCUT2D eigenvalue weighted by Gasteiger charge is 2.51. The predicted molar refractivity (Wildman–Crippen MR) is 74.3 cm³/mol. The van der Waals surface area contributed by atoms with Gasteiger partial charge in [-0.05, 0) is 5.56 Å². The van der Waals surface area contributed by atoms with Gasteiger partial charge in [-0.15, -0.1) is 11.8 Å². The summed E-state index contributed by atoms with van der Waals surface area (Å²) in [7, 11) is 0. The zero-order valence-electron chi connectivity index (χ0n) is 10.6. The Bertz CT molecular complexity index is 442. The average molecular weight is 262 g/mol. The van der Waals surface area contributed by atoms with Gasteiger partial charge in [-0.1, -0.05) is 30.3 Å². The van der Waals surface area contributed by atoms with E-state index in [1.165, 1.54) is 11.3 Å². The molecular weight excluding hydrogens is 244 g/mol. The molecule has 1 spiro atoms. The topological polar surface area (TPSA) is 23.6 Å². The fourth-order valence-electron chi connectivity index (χ4n) is 2.73. The number of likely N-dealkylation sites (tertiary alicyclic amines) is 1. The molecule has 0 atom stereocenters. The van der Waals surface area contributed by atoms with Gasteiger partial charge in [-0.3, -0.25) is 9.69 Å². The molecule has 0 saturated carbocycles. The minimum absolute atomic E-state index is 0.196. The molecule has 1 aromatic rings. The second-order valence-electron chi connectivity index (χ2n) is 5.08. The highest BCUT2D eigenvalue weighted by atomic mass is 32.2. The predicted octanol–water partition coefficient (Wildman–Crippen LogP) is 1.79. The molecule has 1 amide bonds. The first-order valence-corrected chi connectivity index (χ1v) is 7.37. The van der Waals surface area contributed by atoms with Crippen molar-refractivity contribution >= 4 is 17.7 Å². The van der Waals surface area contributed by atoms with E-state index in [0.717, 1.165) is 26.2 Å². The Labute approximate surface area is 112 Å². The van der Waals surface area contributed by atoms with Crippen molar-refractivity contribution in [3.63, 3.8) is 0 Å². The number of hydrogen-bond donors (Lipinski definition) is 0. The molecule has 1 aromatic carbocycles. The van der Waals surface area contributed by atoms with Crippen molar-refractivity contribution < 1.29 is 4.79 Å². The van der Waals surface area contributed by atoms with Gasteiger partial charge in [0.15, 0.2) is 0 Å². The molecule has 0 aliphatic carbocycles. The van der Waals surface area contributed by atoms with Gasteiger partial charge in [-0.2, -0.15) is 0 Å². The summed E-state index contributed by atoms with van der Waals surface area (Å²) in [6.45, 7) is 5.57. The SMILES string of the molecule is CC(=O)N1CC2(C1)SCCN2Cc1ccccc1. The lowest BCUT2D eigenvalue weighted by molar-refractivity contribution is -0.137. The number of benzene rings is 1. The van der Waals surface area contributed by atoms with Crippen molar-refractivity contribution in [1.29, 1.82) is 0 Å². The second kappa shape index (κ2) is 4.59. The van der Waals surface area contributed by atoms with Gasteiger partial charge < -0.3 is 4.90 Å². The number of hydrogen-bond acceptors (Lipinski definition) is 3. The Kier molecular flexibility index (Phi) is 3.08. The van der Waals surface area contributed by atoms with Crippen LogP contribution in [0.15, 0.2) is 30.3 Å². The molecular formula is C14H18N2OS. The van der Waals surface area contributed by atoms with E-state index in [-0.39, 0.29) is 10.8 Å². The number of carbonyl (C=O) groups is 1. The van der Waals surface area contributed by atoms with E-state index in [9.17, 15) is 4.79 Å². The highest BCUT2D eigenvalue weighted by molar-refractivity contribution is 8.01. The van der Waals surface area contributed by atoms with Crippen LogP contribution in [-0.2, 0) is 11.3 Å². The lowest BCUT2D eigenvalue weighted by Gasteiger charge is -2.51. The van der Waals surface area contributed by atoms with Gasteiger partial charge in [0.1, 0.15) is 4.87 Å². The third-order valence-electron chi connectivity index (χ3n) is 3.85. The molecule has 0 unspecified atom stereocenters. The maximum absolute atomic E-state index is 11.3. The summed E-state index contributed by atoms with van der Waals surface area (Å²) in [5, 5.41) is 0. The van der Waals surface area contributed by atoms with Crippen molar-refractivity contribution in [2.24, 2.45) is 0 Å². The summed E-state index contributed by atoms with van der Waals surface area (Å²) in [6, 6.07) is 10.6. The van der Waals surface area contributed by atoms with Crippen molar-refractivity contribution in [2.75, 3.05) is 25.4 Å². The summed E-state index contributed by atoms with van der Waals surface area (Å²) in [5.41, 5.74) is 1.36. The molecule has 2 fully saturated rings. The molecule has 2 aliphatic rings. The van der Waals surface area contributed by atoms with Crippen molar-refractivity contribution in [1.82, 2.24) is 9.80 Å². The van der Waals surface area contributed by atoms with E-state index in [1.807, 2.05) is 16.7 Å². The Hall–Kier alpha value is -1.00. The Morgan fingerprint density at radius 1 is 1.33 bits per heavy atom. The largest absolute Gasteiger partial charge is 0.337 e. The molecule has 0 aromatic heterocycles. The quantitative estimate of drug-likeness (QED) is 0.812. The summed E-state index contributed by atoms with van der Waals surface area (Å²) in [6.07, 6.45) is 0. The van der Waals surface area contributed by atoms with E-state index in [1.54, 1.807) is 6.92 Å². The Morgan fingerprint density at radius 2 is 2.06 bits per heavy atom. The zero-order chi connectivity index (χ0) is 12.6. The Balaban J connectivity index is 1.68. The summed E-state index contributed by atoms with van der Waals surface area (Å²) in [4.78, 5) is 16.0. The van der Waals surface area contributed by atoms with Crippen molar-refractivity contribution in [3.8, 4) is 0 Å². The van der Waals surface area contributed by atoms with Gasteiger partial charge in [0.05, 0.1) is 13.1 Å². The lowest BCUT2D eigenvalue weighted by Crippen LogP contribution is -2.66. The van der Waals surface area contributed by atoms with Gasteiger partial charge in [0, 0.05) is 25.8 Å². The van der Waals surface area contributed by atoms with Crippen LogP contribution >= 0.6 is 11.8 Å². The van der Waals surface area contributed by atoms with Crippen molar-refractivity contribution in [2.45, 2.75) is 18.3 Å². The molecule has 0 bridgehead atoms. The molecule has 2 heterocycles. The van der Waals surface area contributed by atoms with Crippen LogP contribution in [0.3, 0.4) is 0 Å². The number of thioether (sulfide) groups is 1. The first-order chi connectivity index (χ1) is 8.70. The van der Waals surface area contributed by atoms with Crippen LogP contribution in [0.5, 0.6) is 0 Å². The summed E-state index contributed by atoms with van der Waals surface area (Å²) < 4.78 is 0. The summed E-state index contributed by atoms with van der Waals surface area (Å²) in [5.74, 6) is 1.38. The van der Waals surface area contributed by atoms with Crippen LogP contribution in [0.25, 0.3) is 0 Å². The zero-order valence-corrected chi connectivity index (χ0v) is 11.4. The van der Waals surface area contributed by atoms with Crippen molar-refractivity contribution in [3.05, 3.63) is 35.9 Å². The molecule has 96 valence electrons. The smallest absolute Gasteiger partial charge is 0.219 e. The molecule has 4 heteroatoms. The average Bonchev–Trinajstić information content (AvgIpc) is 2.72. The standard InChI is InChI=1S/C14H18N2OS/c1-12(17)15-10-14(11-15)16(7-8-18-14)9-13-5-3-2-4-6-13/h2-6H,7-11H2,1H3. The van der Waals surface area contributed by atoms with Gasteiger partial charge in [0.2, 0.25) is 5.91 Å². The van der Waals surface area contributed by atoms with Crippen LogP contribution in [0, 0.1) is 0 Å².